The molecule has 3 amide bonds. The van der Waals surface area contributed by atoms with Gasteiger partial charge < -0.3 is 14.8 Å². The summed E-state index contributed by atoms with van der Waals surface area (Å²) in [6.45, 7) is 7.41. The second-order valence-electron chi connectivity index (χ2n) is 9.98. The molecule has 1 aliphatic carbocycles. The summed E-state index contributed by atoms with van der Waals surface area (Å²) in [4.78, 5) is 41.8. The monoisotopic (exact) mass is 525 g/mol. The first-order valence-corrected chi connectivity index (χ1v) is 12.8. The Bertz CT molecular complexity index is 976. The van der Waals surface area contributed by atoms with Crippen LogP contribution in [-0.4, -0.2) is 36.0 Å². The number of urea groups is 1. The predicted octanol–water partition coefficient (Wildman–Crippen LogP) is 6.70. The SMILES string of the molecule is CCC1=NC(=O)NC(c2cc(Cl)c(NC(=O)OC(C)(C)C)c(Cl)c2)C1C(=O)OCC1CCCCC1. The number of hydrogen-bond donors (Lipinski definition) is 2. The first-order chi connectivity index (χ1) is 16.5. The average molecular weight is 526 g/mol. The maximum Gasteiger partial charge on any atom is 0.412 e. The van der Waals surface area contributed by atoms with Crippen molar-refractivity contribution in [1.82, 2.24) is 5.32 Å². The molecular weight excluding hydrogens is 493 g/mol. The van der Waals surface area contributed by atoms with Crippen LogP contribution in [0, 0.1) is 11.8 Å². The molecule has 1 fully saturated rings. The van der Waals surface area contributed by atoms with Crippen molar-refractivity contribution in [3.8, 4) is 0 Å². The van der Waals surface area contributed by atoms with Gasteiger partial charge in [0.15, 0.2) is 0 Å². The molecule has 8 nitrogen and oxygen atoms in total. The molecular formula is C25H33Cl2N3O5. The van der Waals surface area contributed by atoms with Gasteiger partial charge in [-0.3, -0.25) is 10.1 Å². The quantitative estimate of drug-likeness (QED) is 0.402. The van der Waals surface area contributed by atoms with E-state index in [2.05, 4.69) is 15.6 Å². The van der Waals surface area contributed by atoms with Gasteiger partial charge in [-0.1, -0.05) is 49.4 Å². The Kier molecular flexibility index (Phi) is 9.05. The number of nitrogens with one attached hydrogen (secondary N) is 2. The Hall–Kier alpha value is -2.32. The molecule has 35 heavy (non-hydrogen) atoms. The van der Waals surface area contributed by atoms with Crippen molar-refractivity contribution in [1.29, 1.82) is 0 Å². The van der Waals surface area contributed by atoms with Crippen LogP contribution in [0.5, 0.6) is 0 Å². The molecule has 1 aromatic carbocycles. The number of amides is 3. The molecule has 1 saturated carbocycles. The Morgan fingerprint density at radius 3 is 2.34 bits per heavy atom. The summed E-state index contributed by atoms with van der Waals surface area (Å²) < 4.78 is 11.0. The molecule has 1 aliphatic heterocycles. The first kappa shape index (κ1) is 27.3. The fourth-order valence-electron chi connectivity index (χ4n) is 4.43. The third kappa shape index (κ3) is 7.34. The molecule has 2 atom stereocenters. The summed E-state index contributed by atoms with van der Waals surface area (Å²) in [7, 11) is 0. The third-order valence-electron chi connectivity index (χ3n) is 6.07. The van der Waals surface area contributed by atoms with E-state index in [-0.39, 0.29) is 15.7 Å². The van der Waals surface area contributed by atoms with Crippen molar-refractivity contribution < 1.29 is 23.9 Å². The zero-order valence-corrected chi connectivity index (χ0v) is 22.1. The second kappa shape index (κ2) is 11.6. The highest BCUT2D eigenvalue weighted by atomic mass is 35.5. The number of benzene rings is 1. The van der Waals surface area contributed by atoms with E-state index in [9.17, 15) is 14.4 Å². The van der Waals surface area contributed by atoms with Gasteiger partial charge in [-0.05, 0) is 63.6 Å². The maximum atomic E-state index is 13.2. The van der Waals surface area contributed by atoms with Crippen molar-refractivity contribution in [3.05, 3.63) is 27.7 Å². The van der Waals surface area contributed by atoms with Gasteiger partial charge >= 0.3 is 18.1 Å². The number of ether oxygens (including phenoxy) is 2. The number of esters is 1. The minimum Gasteiger partial charge on any atom is -0.465 e. The summed E-state index contributed by atoms with van der Waals surface area (Å²) >= 11 is 12.9. The highest BCUT2D eigenvalue weighted by molar-refractivity contribution is 6.39. The molecule has 10 heteroatoms. The van der Waals surface area contributed by atoms with E-state index in [1.165, 1.54) is 6.42 Å². The summed E-state index contributed by atoms with van der Waals surface area (Å²) in [5.74, 6) is -0.893. The zero-order chi connectivity index (χ0) is 25.8. The molecule has 0 radical (unpaired) electrons. The van der Waals surface area contributed by atoms with Crippen LogP contribution in [0.1, 0.15) is 77.8 Å². The van der Waals surface area contributed by atoms with E-state index in [0.29, 0.717) is 30.2 Å². The van der Waals surface area contributed by atoms with Crippen molar-refractivity contribution in [2.24, 2.45) is 16.8 Å². The van der Waals surface area contributed by atoms with Gasteiger partial charge in [0.1, 0.15) is 11.5 Å². The van der Waals surface area contributed by atoms with Crippen LogP contribution in [-0.2, 0) is 14.3 Å². The van der Waals surface area contributed by atoms with Crippen molar-refractivity contribution in [2.45, 2.75) is 77.9 Å². The smallest absolute Gasteiger partial charge is 0.412 e. The highest BCUT2D eigenvalue weighted by Gasteiger charge is 2.40. The average Bonchev–Trinajstić information content (AvgIpc) is 2.78. The van der Waals surface area contributed by atoms with E-state index in [1.54, 1.807) is 32.9 Å². The van der Waals surface area contributed by atoms with Gasteiger partial charge in [-0.15, -0.1) is 0 Å². The molecule has 2 N–H and O–H groups in total. The number of anilines is 1. The Labute approximate surface area is 216 Å². The van der Waals surface area contributed by atoms with Gasteiger partial charge in [-0.2, -0.15) is 0 Å². The number of carbonyl (C=O) groups excluding carboxylic acids is 3. The van der Waals surface area contributed by atoms with E-state index in [1.807, 2.05) is 6.92 Å². The van der Waals surface area contributed by atoms with E-state index < -0.39 is 35.7 Å². The maximum absolute atomic E-state index is 13.2. The summed E-state index contributed by atoms with van der Waals surface area (Å²) in [5.41, 5.74) is 0.421. The molecule has 2 unspecified atom stereocenters. The van der Waals surface area contributed by atoms with Crippen LogP contribution in [0.3, 0.4) is 0 Å². The van der Waals surface area contributed by atoms with Crippen LogP contribution in [0.25, 0.3) is 0 Å². The molecule has 3 rings (SSSR count). The number of hydrogen-bond acceptors (Lipinski definition) is 5. The lowest BCUT2D eigenvalue weighted by Gasteiger charge is -2.32. The number of aliphatic imine (C=N–C) groups is 1. The molecule has 1 aromatic rings. The summed E-state index contributed by atoms with van der Waals surface area (Å²) in [6.07, 6.45) is 5.30. The lowest BCUT2D eigenvalue weighted by molar-refractivity contribution is -0.148. The Morgan fingerprint density at radius 2 is 1.77 bits per heavy atom. The van der Waals surface area contributed by atoms with Crippen LogP contribution in [0.15, 0.2) is 17.1 Å². The largest absolute Gasteiger partial charge is 0.465 e. The highest BCUT2D eigenvalue weighted by Crippen LogP contribution is 2.38. The van der Waals surface area contributed by atoms with Crippen molar-refractivity contribution >= 4 is 52.7 Å². The van der Waals surface area contributed by atoms with Crippen molar-refractivity contribution in [2.75, 3.05) is 11.9 Å². The van der Waals surface area contributed by atoms with E-state index in [0.717, 1.165) is 25.7 Å². The number of carbonyl (C=O) groups is 3. The summed E-state index contributed by atoms with van der Waals surface area (Å²) in [6, 6.07) is 1.81. The molecule has 192 valence electrons. The lowest BCUT2D eigenvalue weighted by Crippen LogP contribution is -2.45. The van der Waals surface area contributed by atoms with Gasteiger partial charge in [0.2, 0.25) is 0 Å². The van der Waals surface area contributed by atoms with Gasteiger partial charge in [0.25, 0.3) is 0 Å². The van der Waals surface area contributed by atoms with Crippen LogP contribution in [0.2, 0.25) is 10.0 Å². The standard InChI is InChI=1S/C25H33Cl2N3O5/c1-5-18-19(22(31)34-13-14-9-7-6-8-10-14)20(29-23(32)28-18)15-11-16(26)21(17(27)12-15)30-24(33)35-25(2,3)4/h11-12,14,19-20H,5-10,13H2,1-4H3,(H,29,32)(H,30,33). The topological polar surface area (TPSA) is 106 Å². The van der Waals surface area contributed by atoms with Gasteiger partial charge in [0, 0.05) is 5.71 Å². The van der Waals surface area contributed by atoms with Crippen molar-refractivity contribution in [3.63, 3.8) is 0 Å². The Morgan fingerprint density at radius 1 is 1.14 bits per heavy atom. The first-order valence-electron chi connectivity index (χ1n) is 12.0. The van der Waals surface area contributed by atoms with Gasteiger partial charge in [-0.25, -0.2) is 14.6 Å². The molecule has 0 spiro atoms. The number of nitrogens with zero attached hydrogens (tertiary/aromatic N) is 1. The van der Waals surface area contributed by atoms with Crippen LogP contribution < -0.4 is 10.6 Å². The van der Waals surface area contributed by atoms with E-state index in [4.69, 9.17) is 32.7 Å². The molecule has 0 aromatic heterocycles. The van der Waals surface area contributed by atoms with E-state index >= 15 is 0 Å². The molecule has 1 heterocycles. The minimum absolute atomic E-state index is 0.141. The van der Waals surface area contributed by atoms with Crippen LogP contribution in [0.4, 0.5) is 15.3 Å². The number of rotatable bonds is 6. The lowest BCUT2D eigenvalue weighted by atomic mass is 9.86. The second-order valence-corrected chi connectivity index (χ2v) is 10.8. The fourth-order valence-corrected chi connectivity index (χ4v) is 5.03. The number of halogens is 2. The Balaban J connectivity index is 1.84. The predicted molar refractivity (Wildman–Crippen MR) is 136 cm³/mol. The molecule has 0 bridgehead atoms. The fraction of sp³-hybridized carbons (Fsp3) is 0.600. The molecule has 0 saturated heterocycles. The van der Waals surface area contributed by atoms with Gasteiger partial charge in [0.05, 0.1) is 28.4 Å². The van der Waals surface area contributed by atoms with Crippen LogP contribution >= 0.6 is 23.2 Å². The summed E-state index contributed by atoms with van der Waals surface area (Å²) in [5, 5.41) is 5.59. The zero-order valence-electron chi connectivity index (χ0n) is 20.6. The minimum atomic E-state index is -0.807. The normalized spacial score (nSPS) is 21.1. The molecule has 2 aliphatic rings. The third-order valence-corrected chi connectivity index (χ3v) is 6.66.